The van der Waals surface area contributed by atoms with Gasteiger partial charge in [0.1, 0.15) is 23.3 Å². The lowest BCUT2D eigenvalue weighted by Gasteiger charge is -2.21. The van der Waals surface area contributed by atoms with E-state index in [1.807, 2.05) is 0 Å². The summed E-state index contributed by atoms with van der Waals surface area (Å²) in [5.74, 6) is -21.6. The Labute approximate surface area is 184 Å². The van der Waals surface area contributed by atoms with Crippen molar-refractivity contribution in [1.82, 2.24) is 0 Å². The van der Waals surface area contributed by atoms with Crippen molar-refractivity contribution in [3.05, 3.63) is 81.4 Å². The van der Waals surface area contributed by atoms with E-state index >= 15 is 0 Å². The zero-order valence-electron chi connectivity index (χ0n) is 16.9. The van der Waals surface area contributed by atoms with Crippen LogP contribution in [0.2, 0.25) is 0 Å². The molecule has 1 nitrogen and oxygen atoms in total. The lowest BCUT2D eigenvalue weighted by Crippen LogP contribution is -2.60. The maximum atomic E-state index is 14.9. The van der Waals surface area contributed by atoms with Gasteiger partial charge in [0.05, 0.1) is 7.11 Å². The Kier molecular flexibility index (Phi) is 6.73. The van der Waals surface area contributed by atoms with Crippen LogP contribution < -0.4 is 18.0 Å². The van der Waals surface area contributed by atoms with E-state index in [1.54, 1.807) is 0 Å². The molecule has 0 aliphatic heterocycles. The molecule has 0 unspecified atom stereocenters. The summed E-state index contributed by atoms with van der Waals surface area (Å²) in [6.07, 6.45) is 0. The number of methoxy groups -OCH3 is 1. The summed E-state index contributed by atoms with van der Waals surface area (Å²) in [6.45, 7) is 1.84. The number of ether oxygens (including phenoxy) is 1. The summed E-state index contributed by atoms with van der Waals surface area (Å²) in [4.78, 5) is 0. The Morgan fingerprint density at radius 3 is 1.18 bits per heavy atom. The number of hydrogen-bond acceptors (Lipinski definition) is 1. The smallest absolute Gasteiger partial charge is 0.412 e. The molecule has 0 aromatic heterocycles. The fourth-order valence-electron chi connectivity index (χ4n) is 3.48. The van der Waals surface area contributed by atoms with Gasteiger partial charge in [0.25, 0.3) is 0 Å². The van der Waals surface area contributed by atoms with Crippen LogP contribution in [-0.2, 0) is 0 Å². The zero-order valence-corrected chi connectivity index (χ0v) is 18.1. The van der Waals surface area contributed by atoms with Crippen LogP contribution in [0.15, 0.2) is 12.1 Å². The molecule has 12 heteroatoms. The van der Waals surface area contributed by atoms with Crippen molar-refractivity contribution in [3.8, 4) is 5.75 Å². The van der Waals surface area contributed by atoms with Gasteiger partial charge in [-0.15, -0.1) is 0 Å². The number of hydrogen-bond donors (Lipinski definition) is 0. The average molecular weight is 496 g/mol. The quantitative estimate of drug-likeness (QED) is 0.299. The van der Waals surface area contributed by atoms with Crippen LogP contribution in [0.3, 0.4) is 0 Å². The molecule has 174 valence electrons. The summed E-state index contributed by atoms with van der Waals surface area (Å²) >= 11 is -5.00. The largest absolute Gasteiger partial charge is 0.491 e. The van der Waals surface area contributed by atoms with Crippen LogP contribution >= 0.6 is 0 Å². The standard InChI is InChI=1S/C7H3F4O.2C7H4F3.Al/c1-12-7-5(10)3(8)2-4(9)6(7)11;2*1-4-2-5(8)3-6(9)7(4)10;/h1H3;2*2H,1H3;. The fraction of sp³-hybridized carbons (Fsp3) is 0.143. The molecule has 0 aliphatic carbocycles. The van der Waals surface area contributed by atoms with Crippen LogP contribution in [0.4, 0.5) is 43.9 Å². The normalized spacial score (nSPS) is 11.2. The Morgan fingerprint density at radius 2 is 0.848 bits per heavy atom. The van der Waals surface area contributed by atoms with Crippen LogP contribution in [0.25, 0.3) is 0 Å². The van der Waals surface area contributed by atoms with Gasteiger partial charge in [0.2, 0.25) is 11.6 Å². The molecule has 0 heterocycles. The van der Waals surface area contributed by atoms with Gasteiger partial charge < -0.3 is 4.74 Å². The molecule has 0 spiro atoms. The molecule has 0 N–H and O–H groups in total. The highest BCUT2D eigenvalue weighted by Crippen LogP contribution is 2.26. The van der Waals surface area contributed by atoms with Gasteiger partial charge in [-0.2, -0.15) is 8.78 Å². The number of aryl methyl sites for hydroxylation is 2. The van der Waals surface area contributed by atoms with Gasteiger partial charge >= 0.3 is 14.1 Å². The fourth-order valence-corrected chi connectivity index (χ4v) is 6.58. The van der Waals surface area contributed by atoms with Crippen molar-refractivity contribution < 1.29 is 48.6 Å². The number of benzene rings is 3. The molecule has 3 aromatic carbocycles. The maximum absolute atomic E-state index is 14.9. The molecule has 0 bridgehead atoms. The summed E-state index contributed by atoms with van der Waals surface area (Å²) in [6, 6.07) is 0.723. The monoisotopic (exact) mass is 496 g/mol. The van der Waals surface area contributed by atoms with Crippen LogP contribution in [-0.4, -0.2) is 21.3 Å². The predicted molar refractivity (Wildman–Crippen MR) is 99.6 cm³/mol. The first-order valence-electron chi connectivity index (χ1n) is 9.02. The first-order chi connectivity index (χ1) is 15.3. The Balaban J connectivity index is 2.60. The van der Waals surface area contributed by atoms with E-state index in [2.05, 4.69) is 4.74 Å². The van der Waals surface area contributed by atoms with E-state index in [9.17, 15) is 43.9 Å². The highest BCUT2D eigenvalue weighted by molar-refractivity contribution is 6.95. The molecule has 0 aliphatic rings. The van der Waals surface area contributed by atoms with Crippen molar-refractivity contribution in [2.75, 3.05) is 7.11 Å². The number of rotatable bonds is 4. The summed E-state index contributed by atoms with van der Waals surface area (Å²) in [5.41, 5.74) is -1.24. The molecule has 0 radical (unpaired) electrons. The molecular formula is C21H11AlF10O. The van der Waals surface area contributed by atoms with E-state index in [0.29, 0.717) is 19.2 Å². The van der Waals surface area contributed by atoms with Crippen molar-refractivity contribution in [2.24, 2.45) is 0 Å². The van der Waals surface area contributed by atoms with Crippen molar-refractivity contribution in [1.29, 1.82) is 0 Å². The summed E-state index contributed by atoms with van der Waals surface area (Å²) in [7, 11) is 0.651. The Morgan fingerprint density at radius 1 is 0.515 bits per heavy atom. The van der Waals surface area contributed by atoms with Crippen molar-refractivity contribution in [3.63, 3.8) is 0 Å². The topological polar surface area (TPSA) is 9.23 Å². The Hall–Kier alpha value is -2.71. The molecule has 0 fully saturated rings. The summed E-state index contributed by atoms with van der Waals surface area (Å²) in [5, 5.41) is 0. The molecule has 3 aromatic rings. The van der Waals surface area contributed by atoms with E-state index in [0.717, 1.165) is 13.8 Å². The Bertz CT molecular complexity index is 1200. The van der Waals surface area contributed by atoms with Gasteiger partial charge in [-0.1, -0.05) is 0 Å². The molecule has 0 saturated heterocycles. The second-order valence-electron chi connectivity index (χ2n) is 7.07. The van der Waals surface area contributed by atoms with Crippen molar-refractivity contribution >= 4 is 27.4 Å². The second kappa shape index (κ2) is 8.91. The third kappa shape index (κ3) is 3.85. The number of halogens is 10. The lowest BCUT2D eigenvalue weighted by atomic mass is 10.2. The molecule has 0 atom stereocenters. The minimum atomic E-state index is -5.00. The lowest BCUT2D eigenvalue weighted by molar-refractivity contribution is 0.335. The van der Waals surface area contributed by atoms with E-state index in [-0.39, 0.29) is 0 Å². The highest BCUT2D eigenvalue weighted by Gasteiger charge is 2.44. The zero-order chi connectivity index (χ0) is 24.9. The third-order valence-corrected chi connectivity index (χ3v) is 8.38. The third-order valence-electron chi connectivity index (χ3n) is 5.08. The maximum Gasteiger partial charge on any atom is 0.412 e. The van der Waals surface area contributed by atoms with Gasteiger partial charge in [-0.3, -0.25) is 0 Å². The second-order valence-corrected chi connectivity index (χ2v) is 9.67. The SMILES string of the molecule is COc1c(F)c(F)[c]([Al]([c]2c(F)cc(C)c(F)c2F)[c]2c(F)cc(C)c(F)c2F)c(F)c1F. The van der Waals surface area contributed by atoms with E-state index in [1.165, 1.54) is 0 Å². The minimum Gasteiger partial charge on any atom is -0.491 e. The minimum absolute atomic E-state index is 0.361. The van der Waals surface area contributed by atoms with Crippen LogP contribution in [0.5, 0.6) is 5.75 Å². The van der Waals surface area contributed by atoms with Gasteiger partial charge in [0.15, 0.2) is 29.0 Å². The molecule has 0 amide bonds. The first-order valence-corrected chi connectivity index (χ1v) is 10.8. The van der Waals surface area contributed by atoms with Crippen molar-refractivity contribution in [2.45, 2.75) is 13.8 Å². The molecule has 0 saturated carbocycles. The first kappa shape index (κ1) is 24.9. The molecule has 33 heavy (non-hydrogen) atoms. The van der Waals surface area contributed by atoms with E-state index in [4.69, 9.17) is 0 Å². The van der Waals surface area contributed by atoms with Gasteiger partial charge in [0, 0.05) is 0 Å². The average Bonchev–Trinajstić information content (AvgIpc) is 2.75. The van der Waals surface area contributed by atoms with Crippen LogP contribution in [0, 0.1) is 72.0 Å². The highest BCUT2D eigenvalue weighted by atomic mass is 27.2. The predicted octanol–water partition coefficient (Wildman–Crippen LogP) is 4.22. The van der Waals surface area contributed by atoms with Crippen LogP contribution in [0.1, 0.15) is 11.1 Å². The molecule has 3 rings (SSSR count). The summed E-state index contributed by atoms with van der Waals surface area (Å²) < 4.78 is 146. The van der Waals surface area contributed by atoms with Gasteiger partial charge in [-0.25, -0.2) is 35.1 Å². The van der Waals surface area contributed by atoms with E-state index < -0.39 is 102 Å². The molecular weight excluding hydrogens is 485 g/mol. The van der Waals surface area contributed by atoms with Gasteiger partial charge in [-0.05, 0) is 50.4 Å².